The summed E-state index contributed by atoms with van der Waals surface area (Å²) in [5.41, 5.74) is 12.1. The molecule has 0 saturated carbocycles. The van der Waals surface area contributed by atoms with Gasteiger partial charge in [0, 0.05) is 33.7 Å². The van der Waals surface area contributed by atoms with E-state index in [1.165, 1.54) is 5.56 Å². The summed E-state index contributed by atoms with van der Waals surface area (Å²) in [6.07, 6.45) is 1.84. The van der Waals surface area contributed by atoms with Crippen LogP contribution >= 0.6 is 0 Å². The molecule has 0 atom stereocenters. The van der Waals surface area contributed by atoms with Crippen LogP contribution in [0.15, 0.2) is 156 Å². The number of fused-ring (bicyclic) bond motifs is 4. The van der Waals surface area contributed by atoms with E-state index in [0.717, 1.165) is 66.6 Å². The summed E-state index contributed by atoms with van der Waals surface area (Å²) in [5.74, 6) is 0.758. The van der Waals surface area contributed by atoms with Gasteiger partial charge in [0.1, 0.15) is 22.7 Å². The molecule has 0 radical (unpaired) electrons. The van der Waals surface area contributed by atoms with Gasteiger partial charge in [-0.2, -0.15) is 0 Å². The number of aromatic hydroxyl groups is 1. The van der Waals surface area contributed by atoms with Crippen LogP contribution in [0.2, 0.25) is 0 Å². The molecule has 246 valence electrons. The highest BCUT2D eigenvalue weighted by Gasteiger charge is 2.24. The number of furan rings is 1. The van der Waals surface area contributed by atoms with Gasteiger partial charge in [-0.15, -0.1) is 0 Å². The SMILES string of the molecule is CC(C)(C)c1cc(-c2ccccn2)cc(-c2cccc3c2nc(-c2cc4oc5ccccc5c4cc2O)n3-c2ccccc2-c2ccccc2)c1. The van der Waals surface area contributed by atoms with Crippen LogP contribution in [0.1, 0.15) is 26.3 Å². The first-order valence-corrected chi connectivity index (χ1v) is 17.2. The molecule has 0 aliphatic carbocycles. The van der Waals surface area contributed by atoms with Crippen molar-refractivity contribution in [3.05, 3.63) is 157 Å². The lowest BCUT2D eigenvalue weighted by Crippen LogP contribution is -2.11. The van der Waals surface area contributed by atoms with Crippen molar-refractivity contribution in [2.75, 3.05) is 0 Å². The standard InChI is InChI=1S/C46H35N3O2/c1-46(2,3)32-25-30(24-31(26-32)38-19-11-12-23-47-38)34-18-13-21-40-44(34)48-45(49(40)39-20-9-7-16-33(39)29-14-5-4-6-15-29)37-28-43-36(27-41(37)50)35-17-8-10-22-42(35)51-43/h4-28,50H,1-3H3. The topological polar surface area (TPSA) is 64.1 Å². The van der Waals surface area contributed by atoms with Crippen molar-refractivity contribution >= 4 is 33.0 Å². The zero-order valence-electron chi connectivity index (χ0n) is 28.6. The highest BCUT2D eigenvalue weighted by molar-refractivity contribution is 6.07. The maximum absolute atomic E-state index is 11.8. The predicted molar refractivity (Wildman–Crippen MR) is 208 cm³/mol. The van der Waals surface area contributed by atoms with Crippen molar-refractivity contribution < 1.29 is 9.52 Å². The number of phenols is 1. The lowest BCUT2D eigenvalue weighted by Gasteiger charge is -2.21. The molecule has 0 unspecified atom stereocenters. The molecule has 9 aromatic rings. The average molecular weight is 662 g/mol. The van der Waals surface area contributed by atoms with E-state index in [9.17, 15) is 5.11 Å². The molecule has 0 aliphatic heterocycles. The molecule has 51 heavy (non-hydrogen) atoms. The number of para-hydroxylation sites is 3. The van der Waals surface area contributed by atoms with E-state index in [0.29, 0.717) is 17.0 Å². The highest BCUT2D eigenvalue weighted by atomic mass is 16.3. The maximum Gasteiger partial charge on any atom is 0.149 e. The second-order valence-electron chi connectivity index (χ2n) is 14.1. The van der Waals surface area contributed by atoms with Gasteiger partial charge in [0.15, 0.2) is 0 Å². The first-order chi connectivity index (χ1) is 24.8. The van der Waals surface area contributed by atoms with Crippen molar-refractivity contribution in [3.8, 4) is 56.3 Å². The van der Waals surface area contributed by atoms with Crippen molar-refractivity contribution in [1.82, 2.24) is 14.5 Å². The molecule has 0 fully saturated rings. The predicted octanol–water partition coefficient (Wildman–Crippen LogP) is 12.0. The van der Waals surface area contributed by atoms with E-state index in [4.69, 9.17) is 14.4 Å². The summed E-state index contributed by atoms with van der Waals surface area (Å²) in [6, 6.07) is 49.5. The van der Waals surface area contributed by atoms with E-state index in [1.54, 1.807) is 6.07 Å². The fourth-order valence-corrected chi connectivity index (χ4v) is 7.12. The number of benzene rings is 6. The second kappa shape index (κ2) is 11.9. The third-order valence-corrected chi connectivity index (χ3v) is 9.72. The summed E-state index contributed by atoms with van der Waals surface area (Å²) >= 11 is 0. The third kappa shape index (κ3) is 5.26. The Kier molecular flexibility index (Phi) is 7.11. The number of hydrogen-bond donors (Lipinski definition) is 1. The van der Waals surface area contributed by atoms with Crippen LogP contribution in [-0.2, 0) is 5.41 Å². The Morgan fingerprint density at radius 1 is 0.588 bits per heavy atom. The summed E-state index contributed by atoms with van der Waals surface area (Å²) in [5, 5.41) is 13.6. The Morgan fingerprint density at radius 3 is 2.16 bits per heavy atom. The van der Waals surface area contributed by atoms with Crippen LogP contribution in [-0.4, -0.2) is 19.6 Å². The Labute approximate surface area is 296 Å². The molecule has 3 aromatic heterocycles. The first-order valence-electron chi connectivity index (χ1n) is 17.2. The number of phenolic OH excluding ortho intramolecular Hbond substituents is 1. The molecule has 9 rings (SSSR count). The highest BCUT2D eigenvalue weighted by Crippen LogP contribution is 2.43. The molecule has 5 nitrogen and oxygen atoms in total. The summed E-state index contributed by atoms with van der Waals surface area (Å²) in [7, 11) is 0. The molecule has 0 spiro atoms. The monoisotopic (exact) mass is 661 g/mol. The Bertz CT molecular complexity index is 2740. The lowest BCUT2D eigenvalue weighted by atomic mass is 9.83. The van der Waals surface area contributed by atoms with Crippen LogP contribution in [0.25, 0.3) is 83.6 Å². The minimum atomic E-state index is -0.0969. The molecule has 0 aliphatic rings. The normalized spacial score (nSPS) is 11.9. The van der Waals surface area contributed by atoms with E-state index in [2.05, 4.69) is 116 Å². The zero-order valence-corrected chi connectivity index (χ0v) is 28.6. The molecule has 0 bridgehead atoms. The second-order valence-corrected chi connectivity index (χ2v) is 14.1. The number of nitrogens with zero attached hydrogens (tertiary/aromatic N) is 3. The Morgan fingerprint density at radius 2 is 1.33 bits per heavy atom. The van der Waals surface area contributed by atoms with E-state index >= 15 is 0 Å². The van der Waals surface area contributed by atoms with Gasteiger partial charge in [0.2, 0.25) is 0 Å². The first kappa shape index (κ1) is 30.6. The maximum atomic E-state index is 11.8. The molecular weight excluding hydrogens is 627 g/mol. The van der Waals surface area contributed by atoms with Crippen LogP contribution in [0.3, 0.4) is 0 Å². The van der Waals surface area contributed by atoms with Gasteiger partial charge < -0.3 is 9.52 Å². The number of hydrogen-bond acceptors (Lipinski definition) is 4. The Balaban J connectivity index is 1.35. The zero-order chi connectivity index (χ0) is 34.7. The smallest absolute Gasteiger partial charge is 0.149 e. The fourth-order valence-electron chi connectivity index (χ4n) is 7.12. The molecule has 1 N–H and O–H groups in total. The number of rotatable bonds is 5. The minimum absolute atomic E-state index is 0.0969. The van der Waals surface area contributed by atoms with Crippen LogP contribution in [0.5, 0.6) is 5.75 Å². The van der Waals surface area contributed by atoms with E-state index in [-0.39, 0.29) is 11.2 Å². The molecule has 0 amide bonds. The van der Waals surface area contributed by atoms with Gasteiger partial charge in [-0.25, -0.2) is 4.98 Å². The van der Waals surface area contributed by atoms with Crippen LogP contribution < -0.4 is 0 Å². The largest absolute Gasteiger partial charge is 0.507 e. The van der Waals surface area contributed by atoms with Gasteiger partial charge in [0.25, 0.3) is 0 Å². The summed E-state index contributed by atoms with van der Waals surface area (Å²) in [4.78, 5) is 10.1. The van der Waals surface area contributed by atoms with Crippen molar-refractivity contribution in [2.45, 2.75) is 26.2 Å². The summed E-state index contributed by atoms with van der Waals surface area (Å²) < 4.78 is 8.50. The quantitative estimate of drug-likeness (QED) is 0.199. The average Bonchev–Trinajstić information content (AvgIpc) is 3.73. The number of imidazole rings is 1. The van der Waals surface area contributed by atoms with Crippen molar-refractivity contribution in [3.63, 3.8) is 0 Å². The lowest BCUT2D eigenvalue weighted by molar-refractivity contribution is 0.477. The third-order valence-electron chi connectivity index (χ3n) is 9.72. The van der Waals surface area contributed by atoms with Gasteiger partial charge in [-0.1, -0.05) is 112 Å². The van der Waals surface area contributed by atoms with Gasteiger partial charge in [-0.3, -0.25) is 9.55 Å². The molecule has 6 aromatic carbocycles. The molecule has 5 heteroatoms. The van der Waals surface area contributed by atoms with Gasteiger partial charge in [-0.05, 0) is 76.7 Å². The Hall–Kier alpha value is -6.46. The minimum Gasteiger partial charge on any atom is -0.507 e. The van der Waals surface area contributed by atoms with Crippen LogP contribution in [0.4, 0.5) is 0 Å². The van der Waals surface area contributed by atoms with E-state index in [1.807, 2.05) is 54.7 Å². The van der Waals surface area contributed by atoms with Gasteiger partial charge >= 0.3 is 0 Å². The van der Waals surface area contributed by atoms with E-state index < -0.39 is 0 Å². The van der Waals surface area contributed by atoms with Crippen molar-refractivity contribution in [2.24, 2.45) is 0 Å². The molecule has 3 heterocycles. The van der Waals surface area contributed by atoms with Crippen molar-refractivity contribution in [1.29, 1.82) is 0 Å². The number of pyridine rings is 1. The molecular formula is C46H35N3O2. The molecule has 0 saturated heterocycles. The summed E-state index contributed by atoms with van der Waals surface area (Å²) in [6.45, 7) is 6.71. The number of aromatic nitrogens is 3. The van der Waals surface area contributed by atoms with Crippen LogP contribution in [0, 0.1) is 0 Å². The fraction of sp³-hybridized carbons (Fsp3) is 0.0870. The van der Waals surface area contributed by atoms with Gasteiger partial charge in [0.05, 0.1) is 28.0 Å².